The average molecular weight is 252 g/mol. The minimum absolute atomic E-state index is 0.300. The first-order valence-corrected chi connectivity index (χ1v) is 5.24. The number of ether oxygens (including phenoxy) is 2. The summed E-state index contributed by atoms with van der Waals surface area (Å²) in [5.74, 6) is -0.300. The van der Waals surface area contributed by atoms with Gasteiger partial charge in [-0.05, 0) is 6.08 Å². The maximum Gasteiger partial charge on any atom is 0.429 e. The van der Waals surface area contributed by atoms with Crippen LogP contribution in [0.3, 0.4) is 0 Å². The van der Waals surface area contributed by atoms with E-state index >= 15 is 0 Å². The molecule has 0 aromatic rings. The van der Waals surface area contributed by atoms with E-state index in [2.05, 4.69) is 9.47 Å². The van der Waals surface area contributed by atoms with Gasteiger partial charge in [-0.1, -0.05) is 18.2 Å². The molecule has 2 heterocycles. The van der Waals surface area contributed by atoms with Crippen molar-refractivity contribution in [3.63, 3.8) is 0 Å². The fraction of sp³-hybridized carbons (Fsp3) is 0.364. The molecule has 2 atom stereocenters. The molecule has 2 aliphatic heterocycles. The lowest BCUT2D eigenvalue weighted by Gasteiger charge is -2.39. The van der Waals surface area contributed by atoms with Gasteiger partial charge in [0.2, 0.25) is 0 Å². The SMILES string of the molecule is COC(=O)N1C2C=CC(=O)C(C=C2)N1C(=O)OC. The van der Waals surface area contributed by atoms with Crippen molar-refractivity contribution in [3.8, 4) is 0 Å². The van der Waals surface area contributed by atoms with Gasteiger partial charge in [0.25, 0.3) is 0 Å². The maximum atomic E-state index is 11.8. The molecule has 0 aromatic carbocycles. The Morgan fingerprint density at radius 2 is 1.67 bits per heavy atom. The number of carbonyl (C=O) groups excluding carboxylic acids is 3. The van der Waals surface area contributed by atoms with E-state index in [1.54, 1.807) is 12.2 Å². The Balaban J connectivity index is 2.45. The molecule has 3 aliphatic rings. The normalized spacial score (nSPS) is 25.1. The first-order valence-electron chi connectivity index (χ1n) is 5.24. The number of nitrogens with zero attached hydrogens (tertiary/aromatic N) is 2. The van der Waals surface area contributed by atoms with Gasteiger partial charge in [-0.2, -0.15) is 5.01 Å². The largest absolute Gasteiger partial charge is 0.451 e. The predicted molar refractivity (Wildman–Crippen MR) is 59.4 cm³/mol. The highest BCUT2D eigenvalue weighted by Crippen LogP contribution is 2.24. The molecular formula is C11H12N2O5. The topological polar surface area (TPSA) is 76.2 Å². The molecule has 7 heteroatoms. The molecule has 0 radical (unpaired) electrons. The van der Waals surface area contributed by atoms with Crippen molar-refractivity contribution in [1.29, 1.82) is 0 Å². The number of ketones is 1. The zero-order valence-electron chi connectivity index (χ0n) is 9.90. The number of carbonyl (C=O) groups is 3. The van der Waals surface area contributed by atoms with E-state index in [9.17, 15) is 14.4 Å². The minimum atomic E-state index is -0.883. The molecule has 7 nitrogen and oxygen atoms in total. The standard InChI is InChI=1S/C11H12N2O5/c1-17-10(15)12-7-3-5-8(9(14)6-4-7)13(12)11(16)18-2/h3-8H,1-2H3. The number of hydrogen-bond acceptors (Lipinski definition) is 5. The number of fused-ring (bicyclic) bond motifs is 2. The number of hydrogen-bond donors (Lipinski definition) is 0. The van der Waals surface area contributed by atoms with Gasteiger partial charge in [0.05, 0.1) is 20.3 Å². The van der Waals surface area contributed by atoms with Crippen LogP contribution in [0.5, 0.6) is 0 Å². The summed E-state index contributed by atoms with van der Waals surface area (Å²) in [4.78, 5) is 35.2. The van der Waals surface area contributed by atoms with E-state index in [4.69, 9.17) is 0 Å². The van der Waals surface area contributed by atoms with E-state index < -0.39 is 24.3 Å². The molecule has 0 spiro atoms. The van der Waals surface area contributed by atoms with Crippen molar-refractivity contribution in [1.82, 2.24) is 10.0 Å². The van der Waals surface area contributed by atoms with Gasteiger partial charge in [-0.25, -0.2) is 14.6 Å². The van der Waals surface area contributed by atoms with Gasteiger partial charge < -0.3 is 9.47 Å². The predicted octanol–water partition coefficient (Wildman–Crippen LogP) is 0.484. The van der Waals surface area contributed by atoms with Crippen LogP contribution in [-0.2, 0) is 14.3 Å². The van der Waals surface area contributed by atoms with Crippen LogP contribution in [0, 0.1) is 0 Å². The summed E-state index contributed by atoms with van der Waals surface area (Å²) in [6.07, 6.45) is 4.55. The van der Waals surface area contributed by atoms with Crippen LogP contribution >= 0.6 is 0 Å². The Morgan fingerprint density at radius 3 is 2.28 bits per heavy atom. The molecule has 0 aromatic heterocycles. The molecule has 0 saturated heterocycles. The summed E-state index contributed by atoms with van der Waals surface area (Å²) in [5, 5.41) is 2.01. The second-order valence-corrected chi connectivity index (χ2v) is 3.71. The number of rotatable bonds is 0. The van der Waals surface area contributed by atoms with Crippen molar-refractivity contribution in [2.75, 3.05) is 14.2 Å². The average Bonchev–Trinajstić information content (AvgIpc) is 2.66. The highest BCUT2D eigenvalue weighted by atomic mass is 16.6. The van der Waals surface area contributed by atoms with Gasteiger partial charge in [-0.15, -0.1) is 0 Å². The molecule has 2 bridgehead atoms. The van der Waals surface area contributed by atoms with Gasteiger partial charge in [0, 0.05) is 0 Å². The summed E-state index contributed by atoms with van der Waals surface area (Å²) in [5.41, 5.74) is 0. The van der Waals surface area contributed by atoms with Crippen LogP contribution in [0.15, 0.2) is 24.3 Å². The first-order chi connectivity index (χ1) is 8.60. The van der Waals surface area contributed by atoms with E-state index in [0.717, 1.165) is 10.0 Å². The van der Waals surface area contributed by atoms with Gasteiger partial charge >= 0.3 is 12.2 Å². The van der Waals surface area contributed by atoms with Crippen molar-refractivity contribution in [2.45, 2.75) is 12.1 Å². The first kappa shape index (κ1) is 12.2. The summed E-state index contributed by atoms with van der Waals surface area (Å²) >= 11 is 0. The second kappa shape index (κ2) is 4.52. The lowest BCUT2D eigenvalue weighted by molar-refractivity contribution is -0.122. The summed E-state index contributed by atoms with van der Waals surface area (Å²) in [6.45, 7) is 0. The summed E-state index contributed by atoms with van der Waals surface area (Å²) in [7, 11) is 2.38. The molecular weight excluding hydrogens is 240 g/mol. The molecule has 96 valence electrons. The number of amides is 2. The minimum Gasteiger partial charge on any atom is -0.451 e. The third-order valence-electron chi connectivity index (χ3n) is 2.74. The molecule has 0 saturated carbocycles. The van der Waals surface area contributed by atoms with Crippen molar-refractivity contribution in [3.05, 3.63) is 24.3 Å². The van der Waals surface area contributed by atoms with Crippen molar-refractivity contribution < 1.29 is 23.9 Å². The van der Waals surface area contributed by atoms with E-state index in [1.165, 1.54) is 26.4 Å². The zero-order valence-corrected chi connectivity index (χ0v) is 9.90. The van der Waals surface area contributed by atoms with E-state index in [1.807, 2.05) is 0 Å². The highest BCUT2D eigenvalue weighted by Gasteiger charge is 2.43. The molecule has 18 heavy (non-hydrogen) atoms. The Bertz CT molecular complexity index is 456. The quantitative estimate of drug-likeness (QED) is 0.586. The monoisotopic (exact) mass is 252 g/mol. The third-order valence-corrected chi connectivity index (χ3v) is 2.74. The Hall–Kier alpha value is -2.31. The number of hydrazine groups is 1. The smallest absolute Gasteiger partial charge is 0.429 e. The lowest BCUT2D eigenvalue weighted by atomic mass is 10.1. The molecule has 2 unspecified atom stereocenters. The van der Waals surface area contributed by atoms with Gasteiger partial charge in [0.15, 0.2) is 5.78 Å². The molecule has 0 N–H and O–H groups in total. The fourth-order valence-electron chi connectivity index (χ4n) is 1.91. The van der Waals surface area contributed by atoms with Crippen molar-refractivity contribution >= 4 is 18.0 Å². The van der Waals surface area contributed by atoms with Gasteiger partial charge in [-0.3, -0.25) is 4.79 Å². The maximum absolute atomic E-state index is 11.8. The Morgan fingerprint density at radius 1 is 1.06 bits per heavy atom. The zero-order chi connectivity index (χ0) is 13.3. The Labute approximate surface area is 103 Å². The Kier molecular flexibility index (Phi) is 3.05. The van der Waals surface area contributed by atoms with Crippen molar-refractivity contribution in [2.24, 2.45) is 0 Å². The van der Waals surface area contributed by atoms with Crippen LogP contribution in [0.2, 0.25) is 0 Å². The van der Waals surface area contributed by atoms with E-state index in [-0.39, 0.29) is 5.78 Å². The fourth-order valence-corrected chi connectivity index (χ4v) is 1.91. The summed E-state index contributed by atoms with van der Waals surface area (Å²) in [6, 6.07) is -1.43. The molecule has 3 rings (SSSR count). The molecule has 1 aliphatic carbocycles. The van der Waals surface area contributed by atoms with Crippen LogP contribution in [-0.4, -0.2) is 54.3 Å². The summed E-state index contributed by atoms with van der Waals surface area (Å²) < 4.78 is 9.21. The second-order valence-electron chi connectivity index (χ2n) is 3.71. The van der Waals surface area contributed by atoms with Crippen LogP contribution in [0.25, 0.3) is 0 Å². The third kappa shape index (κ3) is 1.73. The number of methoxy groups -OCH3 is 2. The van der Waals surface area contributed by atoms with Gasteiger partial charge in [0.1, 0.15) is 6.04 Å². The van der Waals surface area contributed by atoms with Crippen LogP contribution in [0.1, 0.15) is 0 Å². The van der Waals surface area contributed by atoms with Crippen LogP contribution < -0.4 is 0 Å². The molecule has 0 fully saturated rings. The van der Waals surface area contributed by atoms with Crippen LogP contribution in [0.4, 0.5) is 9.59 Å². The lowest BCUT2D eigenvalue weighted by Crippen LogP contribution is -2.59. The van der Waals surface area contributed by atoms with E-state index in [0.29, 0.717) is 0 Å². The highest BCUT2D eigenvalue weighted by molar-refractivity contribution is 5.99. The molecule has 2 amide bonds.